The molecule has 2 heterocycles. The lowest BCUT2D eigenvalue weighted by molar-refractivity contribution is -0.127. The van der Waals surface area contributed by atoms with Gasteiger partial charge in [-0.2, -0.15) is 0 Å². The molecule has 0 atom stereocenters. The molecule has 2 aliphatic rings. The van der Waals surface area contributed by atoms with Gasteiger partial charge in [0.25, 0.3) is 17.1 Å². The number of thioether (sulfide) groups is 1. The first-order chi connectivity index (χ1) is 15.2. The molecule has 1 aromatic heterocycles. The summed E-state index contributed by atoms with van der Waals surface area (Å²) in [5.41, 5.74) is 7.29. The van der Waals surface area contributed by atoms with Crippen molar-refractivity contribution >= 4 is 80.3 Å². The van der Waals surface area contributed by atoms with E-state index in [1.807, 2.05) is 0 Å². The van der Waals surface area contributed by atoms with Crippen molar-refractivity contribution in [2.45, 2.75) is 25.7 Å². The molecule has 0 bridgehead atoms. The van der Waals surface area contributed by atoms with Gasteiger partial charge in [0, 0.05) is 14.9 Å². The molecule has 3 N–H and O–H groups in total. The molecule has 32 heavy (non-hydrogen) atoms. The second kappa shape index (κ2) is 9.27. The predicted octanol–water partition coefficient (Wildman–Crippen LogP) is 4.71. The second-order valence-corrected chi connectivity index (χ2v) is 10.2. The van der Waals surface area contributed by atoms with Gasteiger partial charge in [0.05, 0.1) is 10.5 Å². The maximum atomic E-state index is 12.7. The monoisotopic (exact) mass is 509 g/mol. The van der Waals surface area contributed by atoms with Crippen LogP contribution in [0.5, 0.6) is 0 Å². The minimum atomic E-state index is -0.603. The Morgan fingerprint density at radius 1 is 1.19 bits per heavy atom. The van der Waals surface area contributed by atoms with Crippen LogP contribution in [0.4, 0.5) is 9.80 Å². The first-order valence-corrected chi connectivity index (χ1v) is 12.1. The molecule has 11 heteroatoms. The topological polar surface area (TPSA) is 110 Å². The third-order valence-corrected chi connectivity index (χ3v) is 7.77. The van der Waals surface area contributed by atoms with Gasteiger partial charge in [0.1, 0.15) is 11.5 Å². The van der Waals surface area contributed by atoms with E-state index in [1.54, 1.807) is 12.1 Å². The number of aryl methyl sites for hydroxylation is 1. The molecule has 0 spiro atoms. The fourth-order valence-corrected chi connectivity index (χ4v) is 6.22. The normalized spacial score (nSPS) is 17.1. The molecule has 0 radical (unpaired) electrons. The highest BCUT2D eigenvalue weighted by molar-refractivity contribution is 8.18. The summed E-state index contributed by atoms with van der Waals surface area (Å²) >= 11 is 14.1. The Hall–Kier alpha value is -2.33. The summed E-state index contributed by atoms with van der Waals surface area (Å²) in [7, 11) is 0. The number of hydrogen-bond donors (Lipinski definition) is 2. The molecule has 1 fully saturated rings. The lowest BCUT2D eigenvalue weighted by Crippen LogP contribution is -2.36. The zero-order valence-corrected chi connectivity index (χ0v) is 19.7. The van der Waals surface area contributed by atoms with Gasteiger partial charge >= 0.3 is 0 Å². The van der Waals surface area contributed by atoms with Gasteiger partial charge in [0.15, 0.2) is 0 Å². The lowest BCUT2D eigenvalue weighted by atomic mass is 9.95. The Labute approximate surface area is 201 Å². The van der Waals surface area contributed by atoms with E-state index in [0.717, 1.165) is 52.8 Å². The number of hydrogen-bond acceptors (Lipinski definition) is 6. The molecular formula is C21H17Cl2N3O4S2. The van der Waals surface area contributed by atoms with Crippen LogP contribution >= 0.6 is 46.3 Å². The zero-order chi connectivity index (χ0) is 23.0. The summed E-state index contributed by atoms with van der Waals surface area (Å²) in [6.45, 7) is -0.475. The number of nitrogens with one attached hydrogen (secondary N) is 1. The van der Waals surface area contributed by atoms with E-state index in [9.17, 15) is 19.2 Å². The lowest BCUT2D eigenvalue weighted by Gasteiger charge is -2.13. The van der Waals surface area contributed by atoms with E-state index in [2.05, 4.69) is 5.32 Å². The van der Waals surface area contributed by atoms with E-state index >= 15 is 0 Å². The van der Waals surface area contributed by atoms with E-state index in [-0.39, 0.29) is 4.91 Å². The predicted molar refractivity (Wildman–Crippen MR) is 127 cm³/mol. The Bertz CT molecular complexity index is 1190. The van der Waals surface area contributed by atoms with Gasteiger partial charge in [0.2, 0.25) is 5.91 Å². The summed E-state index contributed by atoms with van der Waals surface area (Å²) in [4.78, 5) is 51.7. The molecule has 1 saturated heterocycles. The number of imide groups is 1. The van der Waals surface area contributed by atoms with Gasteiger partial charge in [-0.25, -0.2) is 0 Å². The van der Waals surface area contributed by atoms with Crippen molar-refractivity contribution in [2.75, 3.05) is 11.9 Å². The summed E-state index contributed by atoms with van der Waals surface area (Å²) in [5.74, 6) is -1.78. The Balaban J connectivity index is 1.50. The van der Waals surface area contributed by atoms with Crippen LogP contribution in [-0.4, -0.2) is 34.4 Å². The molecule has 0 saturated carbocycles. The maximum Gasteiger partial charge on any atom is 0.294 e. The zero-order valence-electron chi connectivity index (χ0n) is 16.6. The molecule has 1 aliphatic carbocycles. The fraction of sp³-hybridized carbons (Fsp3) is 0.238. The standard InChI is InChI=1S/C21H17Cl2N3O4S2/c22-11-6-5-10(13(23)8-11)7-15-20(29)26(21(30)32-15)9-16(27)25-19-17(18(24)28)12-3-1-2-4-14(12)31-19/h5-8H,1-4,9H2,(H2,24,28)(H,25,27)/b15-7+. The van der Waals surface area contributed by atoms with E-state index < -0.39 is 29.5 Å². The molecule has 0 unspecified atom stereocenters. The number of rotatable bonds is 5. The highest BCUT2D eigenvalue weighted by Crippen LogP contribution is 2.38. The van der Waals surface area contributed by atoms with Crippen LogP contribution in [0.1, 0.15) is 39.2 Å². The number of primary amides is 1. The molecular weight excluding hydrogens is 493 g/mol. The van der Waals surface area contributed by atoms with Gasteiger partial charge in [-0.3, -0.25) is 24.1 Å². The average molecular weight is 510 g/mol. The SMILES string of the molecule is NC(=O)c1c(NC(=O)CN2C(=O)S/C(=C/c3ccc(Cl)cc3Cl)C2=O)sc2c1CCCC2. The van der Waals surface area contributed by atoms with Crippen LogP contribution in [0, 0.1) is 0 Å². The number of nitrogens with two attached hydrogens (primary N) is 1. The molecule has 2 aromatic rings. The van der Waals surface area contributed by atoms with Crippen LogP contribution in [-0.2, 0) is 22.4 Å². The van der Waals surface area contributed by atoms with Gasteiger partial charge in [-0.05, 0) is 66.8 Å². The smallest absolute Gasteiger partial charge is 0.294 e. The minimum absolute atomic E-state index is 0.149. The highest BCUT2D eigenvalue weighted by Gasteiger charge is 2.37. The number of amides is 4. The Kier molecular flexibility index (Phi) is 6.62. The van der Waals surface area contributed by atoms with E-state index in [0.29, 0.717) is 26.2 Å². The van der Waals surface area contributed by atoms with Crippen molar-refractivity contribution in [3.63, 3.8) is 0 Å². The van der Waals surface area contributed by atoms with Crippen LogP contribution < -0.4 is 11.1 Å². The van der Waals surface area contributed by atoms with Gasteiger partial charge < -0.3 is 11.1 Å². The largest absolute Gasteiger partial charge is 0.365 e. The average Bonchev–Trinajstić information content (AvgIpc) is 3.22. The number of carbonyl (C=O) groups is 4. The first-order valence-electron chi connectivity index (χ1n) is 9.69. The fourth-order valence-electron chi connectivity index (χ4n) is 3.62. The molecule has 4 rings (SSSR count). The number of halogens is 2. The van der Waals surface area contributed by atoms with Gasteiger partial charge in [-0.15, -0.1) is 11.3 Å². The summed E-state index contributed by atoms with van der Waals surface area (Å²) < 4.78 is 0. The van der Waals surface area contributed by atoms with Crippen molar-refractivity contribution in [1.29, 1.82) is 0 Å². The van der Waals surface area contributed by atoms with Crippen molar-refractivity contribution in [1.82, 2.24) is 4.90 Å². The third-order valence-electron chi connectivity index (χ3n) is 5.10. The highest BCUT2D eigenvalue weighted by atomic mass is 35.5. The van der Waals surface area contributed by atoms with Crippen molar-refractivity contribution < 1.29 is 19.2 Å². The number of thiophene rings is 1. The van der Waals surface area contributed by atoms with Crippen LogP contribution in [0.2, 0.25) is 10.0 Å². The number of benzene rings is 1. The molecule has 4 amide bonds. The molecule has 1 aromatic carbocycles. The number of carbonyl (C=O) groups excluding carboxylic acids is 4. The van der Waals surface area contributed by atoms with Crippen LogP contribution in [0.3, 0.4) is 0 Å². The van der Waals surface area contributed by atoms with Crippen LogP contribution in [0.25, 0.3) is 6.08 Å². The number of fused-ring (bicyclic) bond motifs is 1. The molecule has 1 aliphatic heterocycles. The molecule has 166 valence electrons. The second-order valence-electron chi connectivity index (χ2n) is 7.26. The minimum Gasteiger partial charge on any atom is -0.365 e. The Morgan fingerprint density at radius 3 is 2.66 bits per heavy atom. The van der Waals surface area contributed by atoms with Crippen molar-refractivity contribution in [2.24, 2.45) is 5.73 Å². The van der Waals surface area contributed by atoms with Crippen molar-refractivity contribution in [3.8, 4) is 0 Å². The number of nitrogens with zero attached hydrogens (tertiary/aromatic N) is 1. The molecule has 7 nitrogen and oxygen atoms in total. The third kappa shape index (κ3) is 4.56. The quantitative estimate of drug-likeness (QED) is 0.567. The first kappa shape index (κ1) is 22.8. The van der Waals surface area contributed by atoms with Crippen molar-refractivity contribution in [3.05, 3.63) is 54.7 Å². The summed E-state index contributed by atoms with van der Waals surface area (Å²) in [6.07, 6.45) is 5.02. The summed E-state index contributed by atoms with van der Waals surface area (Å²) in [5, 5.41) is 3.25. The van der Waals surface area contributed by atoms with Crippen LogP contribution in [0.15, 0.2) is 23.1 Å². The van der Waals surface area contributed by atoms with E-state index in [4.69, 9.17) is 28.9 Å². The summed E-state index contributed by atoms with van der Waals surface area (Å²) in [6, 6.07) is 4.78. The van der Waals surface area contributed by atoms with Gasteiger partial charge in [-0.1, -0.05) is 29.3 Å². The Morgan fingerprint density at radius 2 is 1.94 bits per heavy atom. The number of anilines is 1. The maximum absolute atomic E-state index is 12.7. The van der Waals surface area contributed by atoms with E-state index in [1.165, 1.54) is 23.5 Å².